The second-order valence-electron chi connectivity index (χ2n) is 5.52. The van der Waals surface area contributed by atoms with E-state index in [0.717, 1.165) is 22.0 Å². The molecule has 2 amide bonds. The molecule has 1 fully saturated rings. The summed E-state index contributed by atoms with van der Waals surface area (Å²) in [6, 6.07) is 2.37. The van der Waals surface area contributed by atoms with Crippen molar-refractivity contribution >= 4 is 67.4 Å². The number of nitrogens with zero attached hydrogens (tertiary/aromatic N) is 1. The van der Waals surface area contributed by atoms with Gasteiger partial charge in [0.25, 0.3) is 5.91 Å². The topological polar surface area (TPSA) is 83.6 Å². The monoisotopic (exact) mass is 414 g/mol. The lowest BCUT2D eigenvalue weighted by Gasteiger charge is -2.23. The van der Waals surface area contributed by atoms with E-state index in [1.165, 1.54) is 22.3 Å². The molecule has 0 radical (unpaired) electrons. The number of carbonyl (C=O) groups is 2. The second-order valence-corrected chi connectivity index (χ2v) is 10.1. The summed E-state index contributed by atoms with van der Waals surface area (Å²) in [5, 5.41) is 5.63. The fraction of sp³-hybridized carbons (Fsp3) is 0.267. The van der Waals surface area contributed by atoms with Crippen LogP contribution in [0.15, 0.2) is 33.9 Å². The van der Waals surface area contributed by atoms with E-state index in [1.807, 2.05) is 17.5 Å². The smallest absolute Gasteiger partial charge is 0.266 e. The van der Waals surface area contributed by atoms with Crippen molar-refractivity contribution in [2.24, 2.45) is 0 Å². The summed E-state index contributed by atoms with van der Waals surface area (Å²) in [4.78, 5) is 27.6. The Bertz CT molecular complexity index is 887. The van der Waals surface area contributed by atoms with E-state index >= 15 is 0 Å². The summed E-state index contributed by atoms with van der Waals surface area (Å²) in [7, 11) is -3.26. The van der Waals surface area contributed by atoms with E-state index in [1.54, 1.807) is 13.0 Å². The van der Waals surface area contributed by atoms with Crippen molar-refractivity contribution in [3.63, 3.8) is 0 Å². The molecule has 0 bridgehead atoms. The third-order valence-corrected chi connectivity index (χ3v) is 7.21. The molecule has 0 spiro atoms. The summed E-state index contributed by atoms with van der Waals surface area (Å²) in [6.07, 6.45) is 3.18. The first-order chi connectivity index (χ1) is 11.8. The highest BCUT2D eigenvalue weighted by Gasteiger charge is 2.39. The average molecular weight is 415 g/mol. The van der Waals surface area contributed by atoms with Gasteiger partial charge in [-0.15, -0.1) is 11.3 Å². The van der Waals surface area contributed by atoms with Gasteiger partial charge >= 0.3 is 0 Å². The quantitative estimate of drug-likeness (QED) is 0.597. The van der Waals surface area contributed by atoms with Gasteiger partial charge in [-0.05, 0) is 30.5 Å². The van der Waals surface area contributed by atoms with Gasteiger partial charge < -0.3 is 5.32 Å². The molecule has 1 N–H and O–H groups in total. The molecule has 0 aliphatic carbocycles. The molecular formula is C15H14N2O4S4. The van der Waals surface area contributed by atoms with Crippen molar-refractivity contribution in [2.75, 3.05) is 5.75 Å². The van der Waals surface area contributed by atoms with E-state index in [0.29, 0.717) is 9.23 Å². The number of hydrogen-bond acceptors (Lipinski definition) is 7. The van der Waals surface area contributed by atoms with E-state index in [-0.39, 0.29) is 11.7 Å². The first-order valence-electron chi connectivity index (χ1n) is 7.29. The van der Waals surface area contributed by atoms with Gasteiger partial charge in [0, 0.05) is 10.3 Å². The van der Waals surface area contributed by atoms with Gasteiger partial charge in [0.1, 0.15) is 10.4 Å². The maximum Gasteiger partial charge on any atom is 0.266 e. The van der Waals surface area contributed by atoms with Gasteiger partial charge in [-0.1, -0.05) is 30.0 Å². The number of hydrogen-bond donors (Lipinski definition) is 1. The first kappa shape index (κ1) is 18.3. The Balaban J connectivity index is 1.70. The Hall–Kier alpha value is -1.49. The minimum atomic E-state index is -3.26. The van der Waals surface area contributed by atoms with E-state index in [4.69, 9.17) is 12.2 Å². The lowest BCUT2D eigenvalue weighted by Crippen LogP contribution is -2.49. The zero-order valence-electron chi connectivity index (χ0n) is 13.0. The van der Waals surface area contributed by atoms with E-state index in [9.17, 15) is 18.0 Å². The van der Waals surface area contributed by atoms with Crippen molar-refractivity contribution in [3.8, 4) is 0 Å². The molecule has 2 aliphatic rings. The van der Waals surface area contributed by atoms with Crippen LogP contribution in [-0.4, -0.2) is 47.3 Å². The number of nitrogens with one attached hydrogen (secondary N) is 1. The molecule has 0 aromatic carbocycles. The molecule has 2 atom stereocenters. The Labute approximate surface area is 158 Å². The fourth-order valence-corrected chi connectivity index (χ4v) is 5.78. The molecule has 1 saturated heterocycles. The Kier molecular flexibility index (Phi) is 5.14. The number of thiocarbonyl (C=S) groups is 1. The van der Waals surface area contributed by atoms with E-state index in [2.05, 4.69) is 5.32 Å². The van der Waals surface area contributed by atoms with Crippen LogP contribution in [0.4, 0.5) is 0 Å². The van der Waals surface area contributed by atoms with Gasteiger partial charge in [-0.3, -0.25) is 14.5 Å². The molecular weight excluding hydrogens is 400 g/mol. The van der Waals surface area contributed by atoms with Crippen molar-refractivity contribution < 1.29 is 18.0 Å². The minimum absolute atomic E-state index is 0.165. The summed E-state index contributed by atoms with van der Waals surface area (Å²) in [5.74, 6) is -0.927. The van der Waals surface area contributed by atoms with Crippen LogP contribution in [0.25, 0.3) is 6.08 Å². The summed E-state index contributed by atoms with van der Waals surface area (Å²) in [5.41, 5.74) is 0. The van der Waals surface area contributed by atoms with Gasteiger partial charge in [0.05, 0.1) is 16.7 Å². The Morgan fingerprint density at radius 3 is 2.88 bits per heavy atom. The first-order valence-corrected chi connectivity index (χ1v) is 11.1. The van der Waals surface area contributed by atoms with E-state index < -0.39 is 27.8 Å². The van der Waals surface area contributed by atoms with Crippen molar-refractivity contribution in [1.82, 2.24) is 10.2 Å². The molecule has 3 rings (SSSR count). The molecule has 0 saturated carbocycles. The minimum Gasteiger partial charge on any atom is -0.347 e. The third kappa shape index (κ3) is 4.02. The molecule has 132 valence electrons. The number of rotatable bonds is 4. The number of thiophene rings is 1. The maximum atomic E-state index is 12.6. The molecule has 25 heavy (non-hydrogen) atoms. The lowest BCUT2D eigenvalue weighted by atomic mass is 10.2. The summed E-state index contributed by atoms with van der Waals surface area (Å²) < 4.78 is 23.1. The average Bonchev–Trinajstić information content (AvgIpc) is 3.21. The Morgan fingerprint density at radius 2 is 2.28 bits per heavy atom. The number of amides is 2. The van der Waals surface area contributed by atoms with Crippen LogP contribution in [-0.2, 0) is 19.4 Å². The zero-order chi connectivity index (χ0) is 18.2. The molecule has 0 unspecified atom stereocenters. The molecule has 10 heteroatoms. The van der Waals surface area contributed by atoms with Crippen LogP contribution in [0, 0.1) is 0 Å². The molecule has 1 aromatic rings. The molecule has 2 aliphatic heterocycles. The van der Waals surface area contributed by atoms with Gasteiger partial charge in [-0.2, -0.15) is 0 Å². The summed E-state index contributed by atoms with van der Waals surface area (Å²) in [6.45, 7) is 1.57. The van der Waals surface area contributed by atoms with Crippen LogP contribution in [0.1, 0.15) is 11.8 Å². The van der Waals surface area contributed by atoms with Crippen molar-refractivity contribution in [1.29, 1.82) is 0 Å². The molecule has 3 heterocycles. The highest BCUT2D eigenvalue weighted by molar-refractivity contribution is 8.26. The second kappa shape index (κ2) is 7.02. The number of carbonyl (C=O) groups excluding carboxylic acids is 2. The van der Waals surface area contributed by atoms with Crippen LogP contribution >= 0.6 is 35.3 Å². The fourth-order valence-electron chi connectivity index (χ4n) is 2.40. The highest BCUT2D eigenvalue weighted by atomic mass is 32.2. The maximum absolute atomic E-state index is 12.6. The standard InChI is InChI=1S/C15H14N2O4S4/c1-9(13(18)16-10-4-6-25(20,21)8-10)17-14(19)12(24-15(17)22)7-11-3-2-5-23-11/h2-7,9-10H,8H2,1H3,(H,16,18)/b12-7+/t9-,10+/m0/s1. The predicted octanol–water partition coefficient (Wildman–Crippen LogP) is 1.76. The van der Waals surface area contributed by atoms with Gasteiger partial charge in [-0.25, -0.2) is 8.42 Å². The SMILES string of the molecule is C[C@@H](C(=O)N[C@@H]1C=CS(=O)(=O)C1)N1C(=O)/C(=C\c2cccs2)SC1=S. The highest BCUT2D eigenvalue weighted by Crippen LogP contribution is 2.34. The van der Waals surface area contributed by atoms with Crippen LogP contribution in [0.3, 0.4) is 0 Å². The Morgan fingerprint density at radius 1 is 1.52 bits per heavy atom. The van der Waals surface area contributed by atoms with Crippen LogP contribution < -0.4 is 5.32 Å². The third-order valence-electron chi connectivity index (χ3n) is 3.66. The largest absolute Gasteiger partial charge is 0.347 e. The summed E-state index contributed by atoms with van der Waals surface area (Å²) >= 11 is 7.90. The lowest BCUT2D eigenvalue weighted by molar-refractivity contribution is -0.132. The number of thioether (sulfide) groups is 1. The predicted molar refractivity (Wildman–Crippen MR) is 104 cm³/mol. The molecule has 6 nitrogen and oxygen atoms in total. The van der Waals surface area contributed by atoms with Gasteiger partial charge in [0.15, 0.2) is 9.84 Å². The van der Waals surface area contributed by atoms with Crippen LogP contribution in [0.2, 0.25) is 0 Å². The van der Waals surface area contributed by atoms with Crippen LogP contribution in [0.5, 0.6) is 0 Å². The van der Waals surface area contributed by atoms with Crippen molar-refractivity contribution in [3.05, 3.63) is 38.8 Å². The molecule has 1 aromatic heterocycles. The normalized spacial score (nSPS) is 24.9. The van der Waals surface area contributed by atoms with Crippen molar-refractivity contribution in [2.45, 2.75) is 19.0 Å². The van der Waals surface area contributed by atoms with Gasteiger partial charge in [0.2, 0.25) is 5.91 Å². The number of sulfone groups is 1. The zero-order valence-corrected chi connectivity index (χ0v) is 16.3.